The standard InChI is InChI=1S/C17H15NO/c1-19-15-9-7-13(8-10-15)16-11-17(16,12-18)14-5-3-2-4-6-14/h2-10,16H,11H2,1H3/t16-,17+/m0/s1. The van der Waals surface area contributed by atoms with Gasteiger partial charge in [-0.05, 0) is 29.7 Å². The van der Waals surface area contributed by atoms with Gasteiger partial charge < -0.3 is 4.74 Å². The molecule has 2 heteroatoms. The topological polar surface area (TPSA) is 33.0 Å². The number of nitrogens with zero attached hydrogens (tertiary/aromatic N) is 1. The van der Waals surface area contributed by atoms with Gasteiger partial charge in [-0.15, -0.1) is 0 Å². The highest BCUT2D eigenvalue weighted by Crippen LogP contribution is 2.60. The molecule has 1 aliphatic rings. The molecule has 0 saturated heterocycles. The van der Waals surface area contributed by atoms with Crippen LogP contribution in [-0.2, 0) is 5.41 Å². The van der Waals surface area contributed by atoms with Crippen molar-refractivity contribution < 1.29 is 4.74 Å². The second kappa shape index (κ2) is 4.44. The number of benzene rings is 2. The Bertz CT molecular complexity index is 612. The fourth-order valence-electron chi connectivity index (χ4n) is 2.74. The molecule has 1 fully saturated rings. The van der Waals surface area contributed by atoms with Gasteiger partial charge in [-0.3, -0.25) is 0 Å². The van der Waals surface area contributed by atoms with Gasteiger partial charge in [0.25, 0.3) is 0 Å². The van der Waals surface area contributed by atoms with Crippen LogP contribution in [0.1, 0.15) is 23.5 Å². The van der Waals surface area contributed by atoms with Crippen LogP contribution in [0.4, 0.5) is 0 Å². The summed E-state index contributed by atoms with van der Waals surface area (Å²) in [4.78, 5) is 0. The first-order valence-electron chi connectivity index (χ1n) is 6.41. The maximum atomic E-state index is 9.57. The van der Waals surface area contributed by atoms with Crippen LogP contribution in [0.15, 0.2) is 54.6 Å². The highest BCUT2D eigenvalue weighted by Gasteiger charge is 2.56. The highest BCUT2D eigenvalue weighted by atomic mass is 16.5. The molecule has 94 valence electrons. The van der Waals surface area contributed by atoms with Crippen molar-refractivity contribution in [3.63, 3.8) is 0 Å². The Morgan fingerprint density at radius 1 is 1.11 bits per heavy atom. The Hall–Kier alpha value is -2.27. The van der Waals surface area contributed by atoms with E-state index in [1.165, 1.54) is 5.56 Å². The molecule has 1 aliphatic carbocycles. The van der Waals surface area contributed by atoms with E-state index >= 15 is 0 Å². The van der Waals surface area contributed by atoms with Gasteiger partial charge in [0, 0.05) is 5.92 Å². The van der Waals surface area contributed by atoms with Gasteiger partial charge in [0.1, 0.15) is 5.75 Å². The number of hydrogen-bond acceptors (Lipinski definition) is 2. The predicted molar refractivity (Wildman–Crippen MR) is 74.1 cm³/mol. The molecular weight excluding hydrogens is 234 g/mol. The second-order valence-electron chi connectivity index (χ2n) is 4.98. The zero-order valence-corrected chi connectivity index (χ0v) is 10.8. The van der Waals surface area contributed by atoms with Crippen molar-refractivity contribution in [1.82, 2.24) is 0 Å². The minimum atomic E-state index is -0.337. The highest BCUT2D eigenvalue weighted by molar-refractivity contribution is 5.49. The van der Waals surface area contributed by atoms with Gasteiger partial charge in [0.2, 0.25) is 0 Å². The van der Waals surface area contributed by atoms with Crippen molar-refractivity contribution in [3.8, 4) is 11.8 Å². The molecule has 0 radical (unpaired) electrons. The summed E-state index contributed by atoms with van der Waals surface area (Å²) in [6.07, 6.45) is 0.903. The fraction of sp³-hybridized carbons (Fsp3) is 0.235. The molecule has 0 aromatic heterocycles. The minimum Gasteiger partial charge on any atom is -0.497 e. The van der Waals surface area contributed by atoms with Gasteiger partial charge in [0.05, 0.1) is 18.6 Å². The third kappa shape index (κ3) is 1.88. The van der Waals surface area contributed by atoms with Crippen LogP contribution >= 0.6 is 0 Å². The van der Waals surface area contributed by atoms with Gasteiger partial charge in [-0.1, -0.05) is 42.5 Å². The molecule has 2 nitrogen and oxygen atoms in total. The number of ether oxygens (including phenoxy) is 1. The summed E-state index contributed by atoms with van der Waals surface area (Å²) < 4.78 is 5.17. The number of rotatable bonds is 3. The lowest BCUT2D eigenvalue weighted by atomic mass is 9.92. The molecular formula is C17H15NO. The first-order valence-corrected chi connectivity index (χ1v) is 6.41. The van der Waals surface area contributed by atoms with E-state index in [0.717, 1.165) is 17.7 Å². The van der Waals surface area contributed by atoms with E-state index in [2.05, 4.69) is 18.2 Å². The van der Waals surface area contributed by atoms with Gasteiger partial charge in [-0.25, -0.2) is 0 Å². The molecule has 0 aliphatic heterocycles. The number of hydrogen-bond donors (Lipinski definition) is 0. The van der Waals surface area contributed by atoms with Crippen LogP contribution in [0.2, 0.25) is 0 Å². The normalized spacial score (nSPS) is 24.5. The lowest BCUT2D eigenvalue weighted by molar-refractivity contribution is 0.414. The predicted octanol–water partition coefficient (Wildman–Crippen LogP) is 3.64. The van der Waals surface area contributed by atoms with Gasteiger partial charge in [0.15, 0.2) is 0 Å². The summed E-state index contributed by atoms with van der Waals surface area (Å²) >= 11 is 0. The van der Waals surface area contributed by atoms with E-state index in [9.17, 15) is 5.26 Å². The summed E-state index contributed by atoms with van der Waals surface area (Å²) in [7, 11) is 1.66. The molecule has 0 bridgehead atoms. The number of nitriles is 1. The Labute approximate surface area is 113 Å². The summed E-state index contributed by atoms with van der Waals surface area (Å²) in [5.74, 6) is 1.15. The zero-order valence-electron chi connectivity index (χ0n) is 10.8. The van der Waals surface area contributed by atoms with Crippen molar-refractivity contribution in [2.75, 3.05) is 7.11 Å². The summed E-state index contributed by atoms with van der Waals surface area (Å²) in [5.41, 5.74) is 2.00. The van der Waals surface area contributed by atoms with Crippen LogP contribution in [0.5, 0.6) is 5.75 Å². The van der Waals surface area contributed by atoms with Gasteiger partial charge >= 0.3 is 0 Å². The minimum absolute atomic E-state index is 0.297. The molecule has 3 rings (SSSR count). The van der Waals surface area contributed by atoms with Gasteiger partial charge in [-0.2, -0.15) is 5.26 Å². The summed E-state index contributed by atoms with van der Waals surface area (Å²) in [5, 5.41) is 9.57. The van der Waals surface area contributed by atoms with E-state index in [0.29, 0.717) is 5.92 Å². The Morgan fingerprint density at radius 3 is 2.37 bits per heavy atom. The molecule has 0 spiro atoms. The third-order valence-corrected chi connectivity index (χ3v) is 3.97. The molecule has 2 aromatic rings. The van der Waals surface area contributed by atoms with Crippen molar-refractivity contribution in [3.05, 3.63) is 65.7 Å². The zero-order chi connectivity index (χ0) is 13.3. The third-order valence-electron chi connectivity index (χ3n) is 3.97. The molecule has 1 saturated carbocycles. The Kier molecular flexibility index (Phi) is 2.76. The quantitative estimate of drug-likeness (QED) is 0.832. The Morgan fingerprint density at radius 2 is 1.79 bits per heavy atom. The fourth-order valence-corrected chi connectivity index (χ4v) is 2.74. The number of methoxy groups -OCH3 is 1. The maximum Gasteiger partial charge on any atom is 0.118 e. The lowest BCUT2D eigenvalue weighted by Crippen LogP contribution is -2.06. The molecule has 2 atom stereocenters. The second-order valence-corrected chi connectivity index (χ2v) is 4.98. The average molecular weight is 249 g/mol. The molecule has 2 aromatic carbocycles. The van der Waals surface area contributed by atoms with Crippen molar-refractivity contribution in [2.45, 2.75) is 17.8 Å². The molecule has 0 amide bonds. The van der Waals surface area contributed by atoms with E-state index in [1.807, 2.05) is 42.5 Å². The lowest BCUT2D eigenvalue weighted by Gasteiger charge is -2.09. The van der Waals surface area contributed by atoms with E-state index in [4.69, 9.17) is 4.74 Å². The Balaban J connectivity index is 1.91. The van der Waals surface area contributed by atoms with Crippen molar-refractivity contribution in [2.24, 2.45) is 0 Å². The molecule has 0 N–H and O–H groups in total. The van der Waals surface area contributed by atoms with E-state index in [-0.39, 0.29) is 5.41 Å². The molecule has 0 unspecified atom stereocenters. The summed E-state index contributed by atoms with van der Waals surface area (Å²) in [6, 6.07) is 20.6. The monoisotopic (exact) mass is 249 g/mol. The molecule has 0 heterocycles. The van der Waals surface area contributed by atoms with Crippen LogP contribution in [0.25, 0.3) is 0 Å². The molecule has 19 heavy (non-hydrogen) atoms. The van der Waals surface area contributed by atoms with Crippen LogP contribution in [-0.4, -0.2) is 7.11 Å². The largest absolute Gasteiger partial charge is 0.497 e. The van der Waals surface area contributed by atoms with Crippen LogP contribution in [0, 0.1) is 11.3 Å². The maximum absolute atomic E-state index is 9.57. The van der Waals surface area contributed by atoms with Crippen molar-refractivity contribution >= 4 is 0 Å². The average Bonchev–Trinajstić information content (AvgIpc) is 3.24. The van der Waals surface area contributed by atoms with E-state index < -0.39 is 0 Å². The summed E-state index contributed by atoms with van der Waals surface area (Å²) in [6.45, 7) is 0. The first-order chi connectivity index (χ1) is 9.30. The van der Waals surface area contributed by atoms with Crippen LogP contribution in [0.3, 0.4) is 0 Å². The SMILES string of the molecule is COc1ccc([C@@H]2C[C@@]2(C#N)c2ccccc2)cc1. The van der Waals surface area contributed by atoms with Crippen molar-refractivity contribution in [1.29, 1.82) is 5.26 Å². The smallest absolute Gasteiger partial charge is 0.118 e. The first kappa shape index (κ1) is 11.8. The van der Waals surface area contributed by atoms with Crippen LogP contribution < -0.4 is 4.74 Å². The van der Waals surface area contributed by atoms with E-state index in [1.54, 1.807) is 7.11 Å².